The Balaban J connectivity index is 2.93. The van der Waals surface area contributed by atoms with Gasteiger partial charge < -0.3 is 38.9 Å². The summed E-state index contributed by atoms with van der Waals surface area (Å²) in [7, 11) is 0. The third-order valence-corrected chi connectivity index (χ3v) is 6.05. The van der Waals surface area contributed by atoms with E-state index < -0.39 is 47.8 Å². The molecule has 0 radical (unpaired) electrons. The van der Waals surface area contributed by atoms with Gasteiger partial charge in [0.15, 0.2) is 11.5 Å². The highest BCUT2D eigenvalue weighted by Gasteiger charge is 2.27. The molecular weight excluding hydrogens is 538 g/mol. The lowest BCUT2D eigenvalue weighted by Crippen LogP contribution is -2.37. The molecule has 0 bridgehead atoms. The maximum absolute atomic E-state index is 12.5. The second-order valence-corrected chi connectivity index (χ2v) is 10.7. The molecule has 12 heteroatoms. The molecule has 0 fully saturated rings. The quantitative estimate of drug-likeness (QED) is 0.114. The molecule has 1 aromatic rings. The number of nitrogens with two attached hydrogens (primary N) is 1. The van der Waals surface area contributed by atoms with E-state index in [4.69, 9.17) is 38.9 Å². The van der Waals surface area contributed by atoms with Crippen LogP contribution in [-0.4, -0.2) is 61.0 Å². The van der Waals surface area contributed by atoms with Crippen molar-refractivity contribution in [2.24, 2.45) is 5.73 Å². The Hall–Kier alpha value is -3.54. The molecule has 1 aromatic carbocycles. The van der Waals surface area contributed by atoms with Crippen molar-refractivity contribution >= 4 is 24.4 Å². The van der Waals surface area contributed by atoms with Crippen molar-refractivity contribution in [3.05, 3.63) is 23.8 Å². The van der Waals surface area contributed by atoms with Gasteiger partial charge in [-0.05, 0) is 78.0 Å². The third-order valence-electron chi connectivity index (χ3n) is 6.05. The summed E-state index contributed by atoms with van der Waals surface area (Å²) in [5.74, 6) is -0.961. The van der Waals surface area contributed by atoms with Gasteiger partial charge in [-0.1, -0.05) is 33.3 Å². The molecule has 2 atom stereocenters. The number of hydrogen-bond acceptors (Lipinski definition) is 12. The Morgan fingerprint density at radius 1 is 0.829 bits per heavy atom. The standard InChI is InChI=1S/C29H45NO11/c1-9-12-15-35-25(32)36-18-19(4)37-24(31)21(30)16-20-13-14-22(38-26(33)40-28(5,6)10-2)23(17-20)39-27(34)41-29(7,8)11-3/h13-14,17,19,21H,9-12,15-16,18,30H2,1-8H3/t19-,21-/m0/s1. The van der Waals surface area contributed by atoms with E-state index >= 15 is 0 Å². The second kappa shape index (κ2) is 16.7. The Labute approximate surface area is 242 Å². The molecule has 0 heterocycles. The fourth-order valence-electron chi connectivity index (χ4n) is 2.84. The maximum Gasteiger partial charge on any atom is 0.514 e. The first kappa shape index (κ1) is 35.5. The number of rotatable bonds is 15. The average Bonchev–Trinajstić information content (AvgIpc) is 2.88. The molecule has 41 heavy (non-hydrogen) atoms. The predicted octanol–water partition coefficient (Wildman–Crippen LogP) is 5.85. The molecule has 0 aliphatic rings. The van der Waals surface area contributed by atoms with Gasteiger partial charge in [0.25, 0.3) is 0 Å². The number of unbranched alkanes of at least 4 members (excludes halogenated alkanes) is 1. The van der Waals surface area contributed by atoms with Gasteiger partial charge in [0.2, 0.25) is 0 Å². The normalized spacial score (nSPS) is 12.9. The Kier molecular flexibility index (Phi) is 14.4. The fourth-order valence-corrected chi connectivity index (χ4v) is 2.84. The van der Waals surface area contributed by atoms with Crippen LogP contribution in [0.3, 0.4) is 0 Å². The third kappa shape index (κ3) is 14.1. The molecule has 0 aromatic heterocycles. The molecule has 0 amide bonds. The molecule has 0 saturated heterocycles. The van der Waals surface area contributed by atoms with Crippen molar-refractivity contribution in [2.75, 3.05) is 13.2 Å². The lowest BCUT2D eigenvalue weighted by Gasteiger charge is -2.24. The minimum Gasteiger partial charge on any atom is -0.458 e. The van der Waals surface area contributed by atoms with Gasteiger partial charge in [-0.25, -0.2) is 14.4 Å². The smallest absolute Gasteiger partial charge is 0.458 e. The summed E-state index contributed by atoms with van der Waals surface area (Å²) in [5.41, 5.74) is 4.96. The molecule has 1 rings (SSSR count). The number of hydrogen-bond donors (Lipinski definition) is 1. The molecule has 0 unspecified atom stereocenters. The van der Waals surface area contributed by atoms with Gasteiger partial charge in [-0.15, -0.1) is 0 Å². The molecule has 0 aliphatic carbocycles. The monoisotopic (exact) mass is 583 g/mol. The second-order valence-electron chi connectivity index (χ2n) is 10.7. The van der Waals surface area contributed by atoms with E-state index in [1.807, 2.05) is 20.8 Å². The number of benzene rings is 1. The zero-order valence-electron chi connectivity index (χ0n) is 25.4. The van der Waals surface area contributed by atoms with Gasteiger partial charge in [-0.2, -0.15) is 0 Å². The largest absolute Gasteiger partial charge is 0.514 e. The minimum absolute atomic E-state index is 0.00901. The first-order valence-corrected chi connectivity index (χ1v) is 13.8. The first-order chi connectivity index (χ1) is 19.1. The Morgan fingerprint density at radius 3 is 1.93 bits per heavy atom. The van der Waals surface area contributed by atoms with E-state index in [-0.39, 0.29) is 31.1 Å². The van der Waals surface area contributed by atoms with Gasteiger partial charge in [0.05, 0.1) is 6.61 Å². The molecule has 232 valence electrons. The molecule has 0 saturated carbocycles. The topological polar surface area (TPSA) is 159 Å². The summed E-state index contributed by atoms with van der Waals surface area (Å²) < 4.78 is 36.4. The van der Waals surface area contributed by atoms with Crippen LogP contribution in [0.1, 0.15) is 86.6 Å². The highest BCUT2D eigenvalue weighted by Crippen LogP contribution is 2.31. The van der Waals surface area contributed by atoms with Gasteiger partial charge in [0.1, 0.15) is 30.0 Å². The average molecular weight is 584 g/mol. The van der Waals surface area contributed by atoms with Gasteiger partial charge >= 0.3 is 24.4 Å². The predicted molar refractivity (Wildman–Crippen MR) is 149 cm³/mol. The van der Waals surface area contributed by atoms with Crippen LogP contribution in [0.25, 0.3) is 0 Å². The van der Waals surface area contributed by atoms with E-state index in [2.05, 4.69) is 0 Å². The number of ether oxygens (including phenoxy) is 7. The highest BCUT2D eigenvalue weighted by atomic mass is 16.8. The SMILES string of the molecule is CCCCOC(=O)OC[C@H](C)OC(=O)[C@@H](N)Cc1ccc(OC(=O)OC(C)(C)CC)c(OC(=O)OC(C)(C)CC)c1. The van der Waals surface area contributed by atoms with Crippen LogP contribution in [-0.2, 0) is 34.9 Å². The van der Waals surface area contributed by atoms with Crippen molar-refractivity contribution < 1.29 is 52.3 Å². The lowest BCUT2D eigenvalue weighted by atomic mass is 10.1. The van der Waals surface area contributed by atoms with E-state index in [9.17, 15) is 19.2 Å². The minimum atomic E-state index is -1.10. The zero-order valence-corrected chi connectivity index (χ0v) is 25.4. The fraction of sp³-hybridized carbons (Fsp3) is 0.655. The van der Waals surface area contributed by atoms with Crippen molar-refractivity contribution in [3.63, 3.8) is 0 Å². The molecule has 2 N–H and O–H groups in total. The summed E-state index contributed by atoms with van der Waals surface area (Å²) in [6.45, 7) is 14.2. The zero-order chi connectivity index (χ0) is 31.2. The summed E-state index contributed by atoms with van der Waals surface area (Å²) in [5, 5.41) is 0. The van der Waals surface area contributed by atoms with Crippen LogP contribution in [0.4, 0.5) is 14.4 Å². The summed E-state index contributed by atoms with van der Waals surface area (Å²) in [6, 6.07) is 3.24. The van der Waals surface area contributed by atoms with Crippen molar-refractivity contribution in [3.8, 4) is 11.5 Å². The van der Waals surface area contributed by atoms with Crippen LogP contribution in [0, 0.1) is 0 Å². The molecular formula is C29H45NO11. The number of esters is 1. The van der Waals surface area contributed by atoms with Crippen molar-refractivity contribution in [2.45, 2.75) is 111 Å². The summed E-state index contributed by atoms with van der Waals surface area (Å²) >= 11 is 0. The van der Waals surface area contributed by atoms with Gasteiger partial charge in [0, 0.05) is 0 Å². The number of carbonyl (C=O) groups excluding carboxylic acids is 4. The number of carbonyl (C=O) groups is 4. The molecule has 0 spiro atoms. The Bertz CT molecular complexity index is 1020. The first-order valence-electron chi connectivity index (χ1n) is 13.8. The van der Waals surface area contributed by atoms with Crippen LogP contribution in [0.5, 0.6) is 11.5 Å². The molecule has 12 nitrogen and oxygen atoms in total. The molecule has 0 aliphatic heterocycles. The maximum atomic E-state index is 12.5. The van der Waals surface area contributed by atoms with Crippen LogP contribution >= 0.6 is 0 Å². The van der Waals surface area contributed by atoms with E-state index in [0.717, 1.165) is 6.42 Å². The highest BCUT2D eigenvalue weighted by molar-refractivity contribution is 5.76. The van der Waals surface area contributed by atoms with Crippen molar-refractivity contribution in [1.29, 1.82) is 0 Å². The summed E-state index contributed by atoms with van der Waals surface area (Å²) in [6.07, 6.45) is -0.948. The van der Waals surface area contributed by atoms with E-state index in [1.54, 1.807) is 40.7 Å². The Morgan fingerprint density at radius 2 is 1.39 bits per heavy atom. The van der Waals surface area contributed by atoms with Crippen LogP contribution < -0.4 is 15.2 Å². The van der Waals surface area contributed by atoms with E-state index in [0.29, 0.717) is 24.8 Å². The van der Waals surface area contributed by atoms with Crippen molar-refractivity contribution in [1.82, 2.24) is 0 Å². The van der Waals surface area contributed by atoms with Crippen LogP contribution in [0.2, 0.25) is 0 Å². The van der Waals surface area contributed by atoms with E-state index in [1.165, 1.54) is 12.1 Å². The summed E-state index contributed by atoms with van der Waals surface area (Å²) in [4.78, 5) is 49.0. The lowest BCUT2D eigenvalue weighted by molar-refractivity contribution is -0.152. The van der Waals surface area contributed by atoms with Crippen LogP contribution in [0.15, 0.2) is 18.2 Å². The van der Waals surface area contributed by atoms with Gasteiger partial charge in [-0.3, -0.25) is 4.79 Å².